The summed E-state index contributed by atoms with van der Waals surface area (Å²) in [4.78, 5) is 16.8. The smallest absolute Gasteiger partial charge is 0.235 e. The molecule has 0 saturated carbocycles. The van der Waals surface area contributed by atoms with Crippen molar-refractivity contribution < 1.29 is 4.79 Å². The van der Waals surface area contributed by atoms with Crippen molar-refractivity contribution in [2.45, 2.75) is 4.90 Å². The minimum atomic E-state index is -0.0882. The highest BCUT2D eigenvalue weighted by Gasteiger charge is 2.04. The lowest BCUT2D eigenvalue weighted by Crippen LogP contribution is -2.14. The number of halogens is 2. The molecule has 0 radical (unpaired) electrons. The Morgan fingerprint density at radius 2 is 2.00 bits per heavy atom. The summed E-state index contributed by atoms with van der Waals surface area (Å²) in [5.74, 6) is 0.791. The van der Waals surface area contributed by atoms with Gasteiger partial charge in [0.2, 0.25) is 5.91 Å². The first-order valence-electron chi connectivity index (χ1n) is 5.43. The molecule has 0 bridgehead atoms. The highest BCUT2D eigenvalue weighted by Crippen LogP contribution is 2.20. The molecule has 98 valence electrons. The third-order valence-corrected chi connectivity index (χ3v) is 3.91. The molecule has 0 aliphatic carbocycles. The molecule has 0 fully saturated rings. The summed E-state index contributed by atoms with van der Waals surface area (Å²) >= 11 is 10.5. The number of anilines is 1. The Labute approximate surface area is 128 Å². The molecule has 6 heteroatoms. The lowest BCUT2D eigenvalue weighted by Gasteiger charge is -2.04. The first-order chi connectivity index (χ1) is 9.13. The lowest BCUT2D eigenvalue weighted by molar-refractivity contribution is -0.113. The number of hydrogen-bond donors (Lipinski definition) is 1. The Morgan fingerprint density at radius 3 is 2.63 bits per heavy atom. The molecule has 0 aliphatic heterocycles. The molecule has 19 heavy (non-hydrogen) atoms. The quantitative estimate of drug-likeness (QED) is 0.833. The number of amides is 1. The summed E-state index contributed by atoms with van der Waals surface area (Å²) in [6.07, 6.45) is 1.64. The molecule has 0 saturated heterocycles. The molecule has 2 aromatic rings. The van der Waals surface area contributed by atoms with Crippen LogP contribution in [0.1, 0.15) is 0 Å². The van der Waals surface area contributed by atoms with Crippen LogP contribution in [0.2, 0.25) is 5.02 Å². The van der Waals surface area contributed by atoms with Crippen LogP contribution >= 0.6 is 39.3 Å². The maximum absolute atomic E-state index is 11.7. The molecule has 0 unspecified atom stereocenters. The number of pyridine rings is 1. The van der Waals surface area contributed by atoms with E-state index in [1.54, 1.807) is 24.4 Å². The second-order valence-corrected chi connectivity index (χ2v) is 6.05. The minimum absolute atomic E-state index is 0.0882. The van der Waals surface area contributed by atoms with E-state index in [4.69, 9.17) is 11.6 Å². The van der Waals surface area contributed by atoms with Crippen LogP contribution in [0.5, 0.6) is 0 Å². The van der Waals surface area contributed by atoms with E-state index in [-0.39, 0.29) is 5.91 Å². The van der Waals surface area contributed by atoms with Crippen LogP contribution in [0.25, 0.3) is 0 Å². The Kier molecular flexibility index (Phi) is 5.24. The van der Waals surface area contributed by atoms with Gasteiger partial charge in [0, 0.05) is 20.6 Å². The van der Waals surface area contributed by atoms with E-state index >= 15 is 0 Å². The van der Waals surface area contributed by atoms with Crippen LogP contribution in [0.3, 0.4) is 0 Å². The third-order valence-electron chi connectivity index (χ3n) is 2.18. The van der Waals surface area contributed by atoms with Crippen LogP contribution in [-0.2, 0) is 4.79 Å². The molecule has 0 atom stereocenters. The summed E-state index contributed by atoms with van der Waals surface area (Å²) in [6.45, 7) is 0. The van der Waals surface area contributed by atoms with Crippen LogP contribution in [-0.4, -0.2) is 16.6 Å². The van der Waals surface area contributed by atoms with E-state index in [1.165, 1.54) is 11.8 Å². The second-order valence-electron chi connectivity index (χ2n) is 3.65. The summed E-state index contributed by atoms with van der Waals surface area (Å²) in [7, 11) is 0. The zero-order valence-electron chi connectivity index (χ0n) is 9.77. The van der Waals surface area contributed by atoms with Crippen LogP contribution in [0.4, 0.5) is 5.82 Å². The lowest BCUT2D eigenvalue weighted by atomic mass is 10.4. The number of thioether (sulfide) groups is 1. The van der Waals surface area contributed by atoms with Gasteiger partial charge in [-0.3, -0.25) is 4.79 Å². The molecule has 0 aliphatic rings. The van der Waals surface area contributed by atoms with Crippen molar-refractivity contribution >= 4 is 51.0 Å². The van der Waals surface area contributed by atoms with E-state index in [0.717, 1.165) is 9.37 Å². The van der Waals surface area contributed by atoms with Crippen molar-refractivity contribution in [2.24, 2.45) is 0 Å². The number of carbonyl (C=O) groups is 1. The van der Waals surface area contributed by atoms with E-state index < -0.39 is 0 Å². The highest BCUT2D eigenvalue weighted by atomic mass is 79.9. The SMILES string of the molecule is O=C(CSc1ccc(Cl)cc1)Nc1ccc(Br)cn1. The van der Waals surface area contributed by atoms with Crippen molar-refractivity contribution in [1.82, 2.24) is 4.98 Å². The number of nitrogens with one attached hydrogen (secondary N) is 1. The first kappa shape index (κ1) is 14.4. The van der Waals surface area contributed by atoms with Gasteiger partial charge in [-0.05, 0) is 52.3 Å². The standard InChI is InChI=1S/C13H10BrClN2OS/c14-9-1-6-12(16-7-9)17-13(18)8-19-11-4-2-10(15)3-5-11/h1-7H,8H2,(H,16,17,18). The largest absolute Gasteiger partial charge is 0.310 e. The van der Waals surface area contributed by atoms with Crippen molar-refractivity contribution in [3.8, 4) is 0 Å². The fourth-order valence-electron chi connectivity index (χ4n) is 1.31. The van der Waals surface area contributed by atoms with Crippen LogP contribution < -0.4 is 5.32 Å². The van der Waals surface area contributed by atoms with Gasteiger partial charge in [-0.1, -0.05) is 11.6 Å². The monoisotopic (exact) mass is 356 g/mol. The van der Waals surface area contributed by atoms with Gasteiger partial charge in [0.1, 0.15) is 5.82 Å². The Morgan fingerprint density at radius 1 is 1.26 bits per heavy atom. The zero-order chi connectivity index (χ0) is 13.7. The first-order valence-corrected chi connectivity index (χ1v) is 7.59. The fourth-order valence-corrected chi connectivity index (χ4v) is 2.37. The number of benzene rings is 1. The maximum Gasteiger partial charge on any atom is 0.235 e. The molecule has 1 aromatic carbocycles. The molecule has 1 N–H and O–H groups in total. The van der Waals surface area contributed by atoms with Crippen LogP contribution in [0.15, 0.2) is 52.0 Å². The topological polar surface area (TPSA) is 42.0 Å². The number of rotatable bonds is 4. The maximum atomic E-state index is 11.7. The molecule has 1 amide bonds. The van der Waals surface area contributed by atoms with E-state index in [1.807, 2.05) is 18.2 Å². The molecular formula is C13H10BrClN2OS. The predicted molar refractivity (Wildman–Crippen MR) is 82.7 cm³/mol. The number of carbonyl (C=O) groups excluding carboxylic acids is 1. The van der Waals surface area contributed by atoms with Gasteiger partial charge >= 0.3 is 0 Å². The van der Waals surface area contributed by atoms with Crippen LogP contribution in [0, 0.1) is 0 Å². The second kappa shape index (κ2) is 6.93. The van der Waals surface area contributed by atoms with Gasteiger partial charge in [-0.15, -0.1) is 11.8 Å². The fraction of sp³-hybridized carbons (Fsp3) is 0.0769. The van der Waals surface area contributed by atoms with Crippen molar-refractivity contribution in [3.63, 3.8) is 0 Å². The molecule has 0 spiro atoms. The summed E-state index contributed by atoms with van der Waals surface area (Å²) in [5.41, 5.74) is 0. The average Bonchev–Trinajstić information content (AvgIpc) is 2.41. The molecule has 3 nitrogen and oxygen atoms in total. The Hall–Kier alpha value is -1.04. The Bertz CT molecular complexity index is 560. The zero-order valence-corrected chi connectivity index (χ0v) is 12.9. The normalized spacial score (nSPS) is 10.2. The molecule has 1 aromatic heterocycles. The van der Waals surface area contributed by atoms with Gasteiger partial charge in [0.15, 0.2) is 0 Å². The van der Waals surface area contributed by atoms with Crippen molar-refractivity contribution in [2.75, 3.05) is 11.1 Å². The van der Waals surface area contributed by atoms with Crippen molar-refractivity contribution in [1.29, 1.82) is 0 Å². The predicted octanol–water partition coefficient (Wildman–Crippen LogP) is 4.23. The van der Waals surface area contributed by atoms with Crippen molar-refractivity contribution in [3.05, 3.63) is 52.1 Å². The average molecular weight is 358 g/mol. The van der Waals surface area contributed by atoms with Gasteiger partial charge in [0.05, 0.1) is 5.75 Å². The van der Waals surface area contributed by atoms with E-state index in [0.29, 0.717) is 16.6 Å². The molecule has 2 rings (SSSR count). The van der Waals surface area contributed by atoms with E-state index in [2.05, 4.69) is 26.2 Å². The van der Waals surface area contributed by atoms with Gasteiger partial charge < -0.3 is 5.32 Å². The number of nitrogens with zero attached hydrogens (tertiary/aromatic N) is 1. The number of aromatic nitrogens is 1. The number of hydrogen-bond acceptors (Lipinski definition) is 3. The summed E-state index contributed by atoms with van der Waals surface area (Å²) in [6, 6.07) is 11.0. The highest BCUT2D eigenvalue weighted by molar-refractivity contribution is 9.10. The Balaban J connectivity index is 1.84. The minimum Gasteiger partial charge on any atom is -0.310 e. The molecular weight excluding hydrogens is 348 g/mol. The third kappa shape index (κ3) is 4.86. The van der Waals surface area contributed by atoms with Gasteiger partial charge in [-0.2, -0.15) is 0 Å². The van der Waals surface area contributed by atoms with Gasteiger partial charge in [0.25, 0.3) is 0 Å². The summed E-state index contributed by atoms with van der Waals surface area (Å²) in [5, 5.41) is 3.42. The summed E-state index contributed by atoms with van der Waals surface area (Å²) < 4.78 is 0.876. The van der Waals surface area contributed by atoms with Gasteiger partial charge in [-0.25, -0.2) is 4.98 Å². The molecule has 1 heterocycles. The van der Waals surface area contributed by atoms with E-state index in [9.17, 15) is 4.79 Å².